The summed E-state index contributed by atoms with van der Waals surface area (Å²) in [5.41, 5.74) is -1.05. The Morgan fingerprint density at radius 2 is 1.95 bits per heavy atom. The highest BCUT2D eigenvalue weighted by atomic mass is 35.5. The molecule has 0 saturated heterocycles. The van der Waals surface area contributed by atoms with Crippen molar-refractivity contribution in [2.24, 2.45) is 0 Å². The first-order chi connectivity index (χ1) is 8.71. The number of nitrogens with zero attached hydrogens (tertiary/aromatic N) is 1. The van der Waals surface area contributed by atoms with E-state index in [1.54, 1.807) is 6.07 Å². The third kappa shape index (κ3) is 2.98. The van der Waals surface area contributed by atoms with Crippen molar-refractivity contribution < 1.29 is 19.4 Å². The minimum atomic E-state index is -1.32. The smallest absolute Gasteiger partial charge is 0.329 e. The van der Waals surface area contributed by atoms with Gasteiger partial charge in [-0.15, -0.1) is 0 Å². The number of carboxylic acid groups (broad SMARTS) is 1. The van der Waals surface area contributed by atoms with Crippen molar-refractivity contribution in [2.45, 2.75) is 19.4 Å². The predicted molar refractivity (Wildman–Crippen MR) is 71.8 cm³/mol. The zero-order chi connectivity index (χ0) is 14.8. The maximum Gasteiger partial charge on any atom is 0.329 e. The van der Waals surface area contributed by atoms with Gasteiger partial charge in [0.2, 0.25) is 0 Å². The summed E-state index contributed by atoms with van der Waals surface area (Å²) in [7, 11) is 2.86. The average molecular weight is 286 g/mol. The maximum absolute atomic E-state index is 12.3. The van der Waals surface area contributed by atoms with Crippen molar-refractivity contribution >= 4 is 23.5 Å². The van der Waals surface area contributed by atoms with Crippen LogP contribution in [-0.2, 0) is 4.79 Å². The van der Waals surface area contributed by atoms with Gasteiger partial charge in [-0.3, -0.25) is 4.79 Å². The average Bonchev–Trinajstić information content (AvgIpc) is 2.36. The first kappa shape index (κ1) is 15.3. The number of carboxylic acids is 1. The molecule has 0 saturated carbocycles. The SMILES string of the molecule is COc1cc(Cl)ccc1C(=O)N(C)C(C)(C)C(=O)O. The van der Waals surface area contributed by atoms with Crippen LogP contribution in [0.1, 0.15) is 24.2 Å². The van der Waals surface area contributed by atoms with Crippen molar-refractivity contribution in [3.63, 3.8) is 0 Å². The molecule has 1 N–H and O–H groups in total. The second kappa shape index (κ2) is 5.48. The van der Waals surface area contributed by atoms with Crippen LogP contribution >= 0.6 is 11.6 Å². The van der Waals surface area contributed by atoms with Gasteiger partial charge >= 0.3 is 5.97 Å². The zero-order valence-corrected chi connectivity index (χ0v) is 12.0. The van der Waals surface area contributed by atoms with Gasteiger partial charge in [0, 0.05) is 12.1 Å². The lowest BCUT2D eigenvalue weighted by Gasteiger charge is -2.31. The number of methoxy groups -OCH3 is 1. The topological polar surface area (TPSA) is 66.8 Å². The second-order valence-corrected chi connectivity index (χ2v) is 5.01. The number of ether oxygens (including phenoxy) is 1. The molecule has 1 aromatic carbocycles. The normalized spacial score (nSPS) is 11.0. The summed E-state index contributed by atoms with van der Waals surface area (Å²) < 4.78 is 5.09. The van der Waals surface area contributed by atoms with E-state index >= 15 is 0 Å². The fourth-order valence-corrected chi connectivity index (χ4v) is 1.58. The van der Waals surface area contributed by atoms with Gasteiger partial charge in [0.1, 0.15) is 11.3 Å². The molecule has 0 bridgehead atoms. The quantitative estimate of drug-likeness (QED) is 0.922. The summed E-state index contributed by atoms with van der Waals surface area (Å²) in [6.45, 7) is 2.91. The minimum Gasteiger partial charge on any atom is -0.496 e. The number of carbonyl (C=O) groups is 2. The van der Waals surface area contributed by atoms with Gasteiger partial charge in [0.05, 0.1) is 12.7 Å². The zero-order valence-electron chi connectivity index (χ0n) is 11.2. The number of rotatable bonds is 4. The van der Waals surface area contributed by atoms with Crippen LogP contribution in [0.3, 0.4) is 0 Å². The monoisotopic (exact) mass is 285 g/mol. The van der Waals surface area contributed by atoms with Crippen LogP contribution in [0.2, 0.25) is 5.02 Å². The summed E-state index contributed by atoms with van der Waals surface area (Å²) in [6, 6.07) is 4.58. The number of hydrogen-bond donors (Lipinski definition) is 1. The van der Waals surface area contributed by atoms with Gasteiger partial charge < -0.3 is 14.7 Å². The van der Waals surface area contributed by atoms with Gasteiger partial charge in [0.25, 0.3) is 5.91 Å². The summed E-state index contributed by atoms with van der Waals surface area (Å²) in [5.74, 6) is -1.22. The van der Waals surface area contributed by atoms with Crippen LogP contribution in [0.4, 0.5) is 0 Å². The van der Waals surface area contributed by atoms with Gasteiger partial charge in [-0.05, 0) is 32.0 Å². The molecule has 0 heterocycles. The van der Waals surface area contributed by atoms with Crippen LogP contribution in [0, 0.1) is 0 Å². The highest BCUT2D eigenvalue weighted by Crippen LogP contribution is 2.26. The van der Waals surface area contributed by atoms with E-state index in [4.69, 9.17) is 21.4 Å². The predicted octanol–water partition coefficient (Wildman–Crippen LogP) is 2.28. The number of hydrogen-bond acceptors (Lipinski definition) is 3. The number of amides is 1. The molecule has 0 fully saturated rings. The highest BCUT2D eigenvalue weighted by Gasteiger charge is 2.36. The van der Waals surface area contributed by atoms with Crippen LogP contribution in [0.15, 0.2) is 18.2 Å². The first-order valence-electron chi connectivity index (χ1n) is 5.57. The largest absolute Gasteiger partial charge is 0.496 e. The number of halogens is 1. The van der Waals surface area contributed by atoms with Crippen molar-refractivity contribution in [3.05, 3.63) is 28.8 Å². The van der Waals surface area contributed by atoms with E-state index in [1.807, 2.05) is 0 Å². The highest BCUT2D eigenvalue weighted by molar-refractivity contribution is 6.30. The molecule has 0 aliphatic carbocycles. The van der Waals surface area contributed by atoms with E-state index in [0.29, 0.717) is 10.8 Å². The molecule has 1 rings (SSSR count). The minimum absolute atomic E-state index is 0.267. The van der Waals surface area contributed by atoms with E-state index in [9.17, 15) is 9.59 Å². The molecule has 19 heavy (non-hydrogen) atoms. The lowest BCUT2D eigenvalue weighted by Crippen LogP contribution is -2.50. The molecule has 0 spiro atoms. The third-order valence-electron chi connectivity index (χ3n) is 3.06. The van der Waals surface area contributed by atoms with Crippen molar-refractivity contribution in [3.8, 4) is 5.75 Å². The van der Waals surface area contributed by atoms with Crippen LogP contribution in [0.25, 0.3) is 0 Å². The molecular formula is C13H16ClNO4. The summed E-state index contributed by atoms with van der Waals surface area (Å²) in [5, 5.41) is 9.57. The Labute approximate surface area is 116 Å². The van der Waals surface area contributed by atoms with E-state index in [2.05, 4.69) is 0 Å². The molecular weight excluding hydrogens is 270 g/mol. The summed E-state index contributed by atoms with van der Waals surface area (Å²) in [6.07, 6.45) is 0. The Hall–Kier alpha value is -1.75. The number of carbonyl (C=O) groups excluding carboxylic acids is 1. The maximum atomic E-state index is 12.3. The van der Waals surface area contributed by atoms with Crippen molar-refractivity contribution in [1.82, 2.24) is 4.90 Å². The van der Waals surface area contributed by atoms with E-state index in [1.165, 1.54) is 40.1 Å². The molecule has 0 radical (unpaired) electrons. The molecule has 0 aromatic heterocycles. The van der Waals surface area contributed by atoms with Gasteiger partial charge in [-0.25, -0.2) is 4.79 Å². The summed E-state index contributed by atoms with van der Waals surface area (Å²) >= 11 is 5.82. The molecule has 0 unspecified atom stereocenters. The Kier molecular flexibility index (Phi) is 4.42. The summed E-state index contributed by atoms with van der Waals surface area (Å²) in [4.78, 5) is 24.6. The Balaban J connectivity index is 3.17. The van der Waals surface area contributed by atoms with E-state index < -0.39 is 17.4 Å². The molecule has 1 amide bonds. The molecule has 104 valence electrons. The van der Waals surface area contributed by atoms with Crippen molar-refractivity contribution in [2.75, 3.05) is 14.2 Å². The Morgan fingerprint density at radius 1 is 1.37 bits per heavy atom. The number of aliphatic carboxylic acids is 1. The molecule has 0 atom stereocenters. The third-order valence-corrected chi connectivity index (χ3v) is 3.30. The van der Waals surface area contributed by atoms with Crippen LogP contribution in [-0.4, -0.2) is 41.6 Å². The lowest BCUT2D eigenvalue weighted by atomic mass is 10.0. The Bertz CT molecular complexity index is 513. The first-order valence-corrected chi connectivity index (χ1v) is 5.94. The fourth-order valence-electron chi connectivity index (χ4n) is 1.42. The van der Waals surface area contributed by atoms with Crippen LogP contribution in [0.5, 0.6) is 5.75 Å². The van der Waals surface area contributed by atoms with E-state index in [0.717, 1.165) is 4.90 Å². The van der Waals surface area contributed by atoms with Gasteiger partial charge in [-0.1, -0.05) is 11.6 Å². The van der Waals surface area contributed by atoms with Gasteiger partial charge in [0.15, 0.2) is 0 Å². The second-order valence-electron chi connectivity index (χ2n) is 4.57. The molecule has 5 nitrogen and oxygen atoms in total. The van der Waals surface area contributed by atoms with E-state index in [-0.39, 0.29) is 5.56 Å². The molecule has 6 heteroatoms. The molecule has 0 aliphatic heterocycles. The lowest BCUT2D eigenvalue weighted by molar-refractivity contribution is -0.147. The molecule has 1 aromatic rings. The standard InChI is InChI=1S/C13H16ClNO4/c1-13(2,12(17)18)15(3)11(16)9-6-5-8(14)7-10(9)19-4/h5-7H,1-4H3,(H,17,18). The van der Waals surface area contributed by atoms with Gasteiger partial charge in [-0.2, -0.15) is 0 Å². The van der Waals surface area contributed by atoms with Crippen LogP contribution < -0.4 is 4.74 Å². The Morgan fingerprint density at radius 3 is 2.42 bits per heavy atom. The fraction of sp³-hybridized carbons (Fsp3) is 0.385. The molecule has 0 aliphatic rings. The number of benzene rings is 1. The van der Waals surface area contributed by atoms with Crippen molar-refractivity contribution in [1.29, 1.82) is 0 Å². The number of likely N-dealkylation sites (N-methyl/N-ethyl adjacent to an activating group) is 1.